The molecule has 0 fully saturated rings. The molecule has 0 radical (unpaired) electrons. The zero-order valence-electron chi connectivity index (χ0n) is 9.08. The van der Waals surface area contributed by atoms with Crippen LogP contribution in [0.1, 0.15) is 27.2 Å². The highest BCUT2D eigenvalue weighted by Gasteiger charge is 2.28. The van der Waals surface area contributed by atoms with E-state index in [9.17, 15) is 0 Å². The summed E-state index contributed by atoms with van der Waals surface area (Å²) in [4.78, 5) is 1.97. The Labute approximate surface area is 80.7 Å². The van der Waals surface area contributed by atoms with Gasteiger partial charge in [-0.3, -0.25) is 4.90 Å². The number of hydrogen-bond donors (Lipinski definition) is 2. The fourth-order valence-electron chi connectivity index (χ4n) is 1.23. The standard InChI is InChI=1S/C9H22N2O2/c1-5-9(3,13-8(2)10)11(4)6-7-12/h8,12H,5-7,10H2,1-4H3. The number of aliphatic hydroxyl groups is 1. The predicted octanol–water partition coefficient (Wildman–Crippen LogP) is 0.358. The van der Waals surface area contributed by atoms with Crippen molar-refractivity contribution in [3.05, 3.63) is 0 Å². The van der Waals surface area contributed by atoms with Crippen LogP contribution < -0.4 is 5.73 Å². The first-order chi connectivity index (χ1) is 5.96. The monoisotopic (exact) mass is 190 g/mol. The molecule has 2 unspecified atom stereocenters. The molecule has 0 aromatic rings. The molecule has 3 N–H and O–H groups in total. The zero-order valence-corrected chi connectivity index (χ0v) is 9.08. The van der Waals surface area contributed by atoms with E-state index in [0.717, 1.165) is 6.42 Å². The molecule has 0 amide bonds. The summed E-state index contributed by atoms with van der Waals surface area (Å²) in [6, 6.07) is 0. The highest BCUT2D eigenvalue weighted by atomic mass is 16.5. The molecular formula is C9H22N2O2. The third-order valence-electron chi connectivity index (χ3n) is 2.34. The fourth-order valence-corrected chi connectivity index (χ4v) is 1.23. The summed E-state index contributed by atoms with van der Waals surface area (Å²) in [6.07, 6.45) is 0.552. The van der Waals surface area contributed by atoms with Crippen LogP contribution in [0.2, 0.25) is 0 Å². The Balaban J connectivity index is 4.24. The van der Waals surface area contributed by atoms with Crippen molar-refractivity contribution in [3.63, 3.8) is 0 Å². The number of hydrogen-bond acceptors (Lipinski definition) is 4. The second kappa shape index (κ2) is 5.54. The Hall–Kier alpha value is -0.160. The van der Waals surface area contributed by atoms with Gasteiger partial charge in [0.15, 0.2) is 0 Å². The van der Waals surface area contributed by atoms with Gasteiger partial charge in [-0.15, -0.1) is 0 Å². The Morgan fingerprint density at radius 1 is 1.62 bits per heavy atom. The van der Waals surface area contributed by atoms with Crippen LogP contribution in [0.15, 0.2) is 0 Å². The molecule has 0 saturated carbocycles. The van der Waals surface area contributed by atoms with Gasteiger partial charge in [0.1, 0.15) is 12.0 Å². The lowest BCUT2D eigenvalue weighted by Crippen LogP contribution is -2.50. The number of ether oxygens (including phenoxy) is 1. The van der Waals surface area contributed by atoms with Crippen molar-refractivity contribution in [2.24, 2.45) is 5.73 Å². The molecule has 80 valence electrons. The van der Waals surface area contributed by atoms with Crippen molar-refractivity contribution >= 4 is 0 Å². The van der Waals surface area contributed by atoms with Gasteiger partial charge in [0.2, 0.25) is 0 Å². The highest BCUT2D eigenvalue weighted by Crippen LogP contribution is 2.19. The summed E-state index contributed by atoms with van der Waals surface area (Å²) >= 11 is 0. The normalized spacial score (nSPS) is 18.7. The Kier molecular flexibility index (Phi) is 5.48. The molecule has 0 aromatic heterocycles. The summed E-state index contributed by atoms with van der Waals surface area (Å²) < 4.78 is 5.59. The van der Waals surface area contributed by atoms with Crippen molar-refractivity contribution in [2.75, 3.05) is 20.2 Å². The number of rotatable bonds is 6. The van der Waals surface area contributed by atoms with E-state index in [1.165, 1.54) is 0 Å². The van der Waals surface area contributed by atoms with Crippen LogP contribution in [0.25, 0.3) is 0 Å². The number of likely N-dealkylation sites (N-methyl/N-ethyl adjacent to an activating group) is 1. The van der Waals surface area contributed by atoms with Gasteiger partial charge in [0, 0.05) is 6.54 Å². The Bertz CT molecular complexity index is 142. The minimum absolute atomic E-state index is 0.133. The van der Waals surface area contributed by atoms with Crippen LogP contribution >= 0.6 is 0 Å². The van der Waals surface area contributed by atoms with Crippen LogP contribution in [0, 0.1) is 0 Å². The molecule has 13 heavy (non-hydrogen) atoms. The van der Waals surface area contributed by atoms with E-state index in [0.29, 0.717) is 6.54 Å². The minimum atomic E-state index is -0.378. The number of aliphatic hydroxyl groups excluding tert-OH is 1. The minimum Gasteiger partial charge on any atom is -0.395 e. The highest BCUT2D eigenvalue weighted by molar-refractivity contribution is 4.73. The smallest absolute Gasteiger partial charge is 0.120 e. The molecule has 0 heterocycles. The maximum atomic E-state index is 8.80. The summed E-state index contributed by atoms with van der Waals surface area (Å²) in [5.41, 5.74) is 5.20. The largest absolute Gasteiger partial charge is 0.395 e. The first-order valence-corrected chi connectivity index (χ1v) is 4.71. The summed E-state index contributed by atoms with van der Waals surface area (Å²) in [5, 5.41) is 8.80. The SMILES string of the molecule is CCC(C)(OC(C)N)N(C)CCO. The van der Waals surface area contributed by atoms with Crippen molar-refractivity contribution in [3.8, 4) is 0 Å². The van der Waals surface area contributed by atoms with Crippen LogP contribution in [-0.2, 0) is 4.74 Å². The molecule has 0 aliphatic rings. The molecule has 2 atom stereocenters. The molecule has 0 bridgehead atoms. The predicted molar refractivity (Wildman–Crippen MR) is 53.1 cm³/mol. The van der Waals surface area contributed by atoms with Crippen molar-refractivity contribution in [2.45, 2.75) is 39.1 Å². The molecular weight excluding hydrogens is 168 g/mol. The first kappa shape index (κ1) is 12.8. The van der Waals surface area contributed by atoms with Crippen LogP contribution in [0.4, 0.5) is 0 Å². The first-order valence-electron chi connectivity index (χ1n) is 4.71. The van der Waals surface area contributed by atoms with Crippen LogP contribution in [-0.4, -0.2) is 42.2 Å². The average Bonchev–Trinajstić information content (AvgIpc) is 2.03. The van der Waals surface area contributed by atoms with E-state index in [-0.39, 0.29) is 18.6 Å². The average molecular weight is 190 g/mol. The van der Waals surface area contributed by atoms with E-state index >= 15 is 0 Å². The van der Waals surface area contributed by atoms with E-state index in [1.807, 2.05) is 25.8 Å². The Morgan fingerprint density at radius 3 is 2.46 bits per heavy atom. The lowest BCUT2D eigenvalue weighted by Gasteiger charge is -2.39. The third kappa shape index (κ3) is 4.04. The molecule has 0 aliphatic carbocycles. The van der Waals surface area contributed by atoms with Gasteiger partial charge in [-0.1, -0.05) is 6.92 Å². The lowest BCUT2D eigenvalue weighted by atomic mass is 10.1. The van der Waals surface area contributed by atoms with Crippen LogP contribution in [0.5, 0.6) is 0 Å². The maximum absolute atomic E-state index is 8.80. The van der Waals surface area contributed by atoms with E-state index in [2.05, 4.69) is 0 Å². The molecule has 0 saturated heterocycles. The van der Waals surface area contributed by atoms with Gasteiger partial charge in [0.05, 0.1) is 6.61 Å². The van der Waals surface area contributed by atoms with E-state index in [4.69, 9.17) is 15.6 Å². The summed E-state index contributed by atoms with van der Waals surface area (Å²) in [6.45, 7) is 6.55. The van der Waals surface area contributed by atoms with Gasteiger partial charge in [-0.2, -0.15) is 0 Å². The molecule has 0 spiro atoms. The van der Waals surface area contributed by atoms with Gasteiger partial charge in [-0.25, -0.2) is 0 Å². The molecule has 0 aromatic carbocycles. The second-order valence-corrected chi connectivity index (χ2v) is 3.50. The number of nitrogens with two attached hydrogens (primary N) is 1. The van der Waals surface area contributed by atoms with Gasteiger partial charge in [-0.05, 0) is 27.3 Å². The second-order valence-electron chi connectivity index (χ2n) is 3.50. The summed E-state index contributed by atoms with van der Waals surface area (Å²) in [5.74, 6) is 0. The Morgan fingerprint density at radius 2 is 2.15 bits per heavy atom. The molecule has 0 aliphatic heterocycles. The molecule has 4 nitrogen and oxygen atoms in total. The summed E-state index contributed by atoms with van der Waals surface area (Å²) in [7, 11) is 1.92. The number of nitrogens with zero attached hydrogens (tertiary/aromatic N) is 1. The van der Waals surface area contributed by atoms with Crippen molar-refractivity contribution < 1.29 is 9.84 Å². The van der Waals surface area contributed by atoms with Crippen LogP contribution in [0.3, 0.4) is 0 Å². The van der Waals surface area contributed by atoms with Gasteiger partial charge < -0.3 is 15.6 Å². The topological polar surface area (TPSA) is 58.7 Å². The third-order valence-corrected chi connectivity index (χ3v) is 2.34. The fraction of sp³-hybridized carbons (Fsp3) is 1.00. The quantitative estimate of drug-likeness (QED) is 0.594. The van der Waals surface area contributed by atoms with Crippen molar-refractivity contribution in [1.29, 1.82) is 0 Å². The van der Waals surface area contributed by atoms with Gasteiger partial charge in [0.25, 0.3) is 0 Å². The lowest BCUT2D eigenvalue weighted by molar-refractivity contribution is -0.165. The maximum Gasteiger partial charge on any atom is 0.120 e. The van der Waals surface area contributed by atoms with Gasteiger partial charge >= 0.3 is 0 Å². The van der Waals surface area contributed by atoms with Crippen molar-refractivity contribution in [1.82, 2.24) is 4.90 Å². The molecule has 4 heteroatoms. The zero-order chi connectivity index (χ0) is 10.5. The van der Waals surface area contributed by atoms with E-state index < -0.39 is 0 Å². The molecule has 0 rings (SSSR count). The van der Waals surface area contributed by atoms with E-state index in [1.54, 1.807) is 6.92 Å².